The maximum Gasteiger partial charge on any atom is 0.294 e. The van der Waals surface area contributed by atoms with Crippen molar-refractivity contribution in [3.8, 4) is 0 Å². The zero-order valence-corrected chi connectivity index (χ0v) is 15.4. The van der Waals surface area contributed by atoms with E-state index in [0.717, 1.165) is 11.1 Å². The van der Waals surface area contributed by atoms with Gasteiger partial charge in [-0.3, -0.25) is 19.5 Å². The Kier molecular flexibility index (Phi) is 4.31. The molecular weight excluding hydrogens is 356 g/mol. The van der Waals surface area contributed by atoms with Gasteiger partial charge in [-0.2, -0.15) is 0 Å². The Labute approximate surface area is 161 Å². The lowest BCUT2D eigenvalue weighted by molar-refractivity contribution is -0.117. The topological polar surface area (TPSA) is 83.6 Å². The Morgan fingerprint density at radius 1 is 1.11 bits per heavy atom. The molecule has 6 nitrogen and oxygen atoms in total. The van der Waals surface area contributed by atoms with Crippen molar-refractivity contribution >= 4 is 17.4 Å². The summed E-state index contributed by atoms with van der Waals surface area (Å²) in [6.07, 6.45) is 4.56. The van der Waals surface area contributed by atoms with Crippen molar-refractivity contribution in [2.75, 3.05) is 4.90 Å². The van der Waals surface area contributed by atoms with Gasteiger partial charge in [0.2, 0.25) is 5.78 Å². The third-order valence-corrected chi connectivity index (χ3v) is 5.06. The highest BCUT2D eigenvalue weighted by Gasteiger charge is 2.45. The fraction of sp³-hybridized carbons (Fsp3) is 0.136. The van der Waals surface area contributed by atoms with Crippen molar-refractivity contribution in [3.63, 3.8) is 0 Å². The van der Waals surface area contributed by atoms with Crippen molar-refractivity contribution in [3.05, 3.63) is 94.9 Å². The van der Waals surface area contributed by atoms with Gasteiger partial charge < -0.3 is 9.52 Å². The van der Waals surface area contributed by atoms with Gasteiger partial charge in [-0.1, -0.05) is 12.1 Å². The summed E-state index contributed by atoms with van der Waals surface area (Å²) in [4.78, 5) is 31.6. The standard InChI is InChI=1S/C22H18N2O4/c1-13-5-3-6-16(14(13)2)24-19(15-8-10-23-11-9-15)18(21(26)22(24)27)20(25)17-7-4-12-28-17/h3-12,19,26H,1-2H3. The average molecular weight is 374 g/mol. The quantitative estimate of drug-likeness (QED) is 0.696. The molecule has 140 valence electrons. The number of benzene rings is 1. The van der Waals surface area contributed by atoms with Crippen LogP contribution in [0.15, 0.2) is 76.9 Å². The number of aliphatic hydroxyl groups is 1. The SMILES string of the molecule is Cc1cccc(N2C(=O)C(O)=C(C(=O)c3ccco3)C2c2ccncc2)c1C. The van der Waals surface area contributed by atoms with E-state index in [-0.39, 0.29) is 11.3 Å². The monoisotopic (exact) mass is 374 g/mol. The molecule has 1 aromatic carbocycles. The second-order valence-corrected chi connectivity index (χ2v) is 6.65. The number of aryl methyl sites for hydroxylation is 1. The molecule has 0 bridgehead atoms. The van der Waals surface area contributed by atoms with Gasteiger partial charge in [-0.05, 0) is 60.9 Å². The van der Waals surface area contributed by atoms with Crippen LogP contribution in [0.5, 0.6) is 0 Å². The zero-order valence-electron chi connectivity index (χ0n) is 15.4. The van der Waals surface area contributed by atoms with Gasteiger partial charge in [0.1, 0.15) is 0 Å². The van der Waals surface area contributed by atoms with Crippen molar-refractivity contribution in [2.45, 2.75) is 19.9 Å². The summed E-state index contributed by atoms with van der Waals surface area (Å²) in [6, 6.07) is 11.4. The van der Waals surface area contributed by atoms with Crippen molar-refractivity contribution < 1.29 is 19.1 Å². The number of pyridine rings is 1. The first kappa shape index (κ1) is 17.7. The van der Waals surface area contributed by atoms with E-state index in [9.17, 15) is 14.7 Å². The number of Topliss-reactive ketones (excluding diaryl/α,β-unsaturated/α-hetero) is 1. The number of carbonyl (C=O) groups excluding carboxylic acids is 2. The zero-order chi connectivity index (χ0) is 19.8. The first-order valence-electron chi connectivity index (χ1n) is 8.81. The van der Waals surface area contributed by atoms with Crippen LogP contribution in [0.4, 0.5) is 5.69 Å². The summed E-state index contributed by atoms with van der Waals surface area (Å²) in [5, 5.41) is 10.7. The molecular formula is C22H18N2O4. The fourth-order valence-electron chi connectivity index (χ4n) is 3.48. The van der Waals surface area contributed by atoms with Crippen LogP contribution >= 0.6 is 0 Å². The summed E-state index contributed by atoms with van der Waals surface area (Å²) in [5.74, 6) is -1.64. The largest absolute Gasteiger partial charge is 0.503 e. The molecule has 4 rings (SSSR count). The van der Waals surface area contributed by atoms with E-state index in [1.807, 2.05) is 32.0 Å². The van der Waals surface area contributed by atoms with Crippen molar-refractivity contribution in [1.82, 2.24) is 4.98 Å². The van der Waals surface area contributed by atoms with Gasteiger partial charge in [-0.25, -0.2) is 0 Å². The van der Waals surface area contributed by atoms with Crippen LogP contribution in [0.1, 0.15) is 33.3 Å². The number of furan rings is 1. The van der Waals surface area contributed by atoms with E-state index < -0.39 is 23.5 Å². The van der Waals surface area contributed by atoms with Crippen LogP contribution in [0.25, 0.3) is 0 Å². The summed E-state index contributed by atoms with van der Waals surface area (Å²) in [6.45, 7) is 3.86. The summed E-state index contributed by atoms with van der Waals surface area (Å²) in [5.41, 5.74) is 3.20. The second-order valence-electron chi connectivity index (χ2n) is 6.65. The highest BCUT2D eigenvalue weighted by molar-refractivity contribution is 6.20. The number of amides is 1. The molecule has 3 aromatic rings. The Morgan fingerprint density at radius 2 is 1.86 bits per heavy atom. The Bertz CT molecular complexity index is 1080. The van der Waals surface area contributed by atoms with E-state index in [2.05, 4.69) is 4.98 Å². The Hall–Kier alpha value is -3.67. The third-order valence-electron chi connectivity index (χ3n) is 5.06. The molecule has 0 radical (unpaired) electrons. The van der Waals surface area contributed by atoms with E-state index in [0.29, 0.717) is 11.3 Å². The molecule has 1 aliphatic heterocycles. The number of carbonyl (C=O) groups is 2. The van der Waals surface area contributed by atoms with Gasteiger partial charge in [-0.15, -0.1) is 0 Å². The summed E-state index contributed by atoms with van der Waals surface area (Å²) >= 11 is 0. The third kappa shape index (κ3) is 2.70. The maximum atomic E-state index is 13.1. The summed E-state index contributed by atoms with van der Waals surface area (Å²) in [7, 11) is 0. The minimum Gasteiger partial charge on any atom is -0.503 e. The van der Waals surface area contributed by atoms with E-state index >= 15 is 0 Å². The van der Waals surface area contributed by atoms with Gasteiger partial charge in [0.05, 0.1) is 17.9 Å². The van der Waals surface area contributed by atoms with Gasteiger partial charge >= 0.3 is 0 Å². The van der Waals surface area contributed by atoms with Crippen molar-refractivity contribution in [1.29, 1.82) is 0 Å². The number of nitrogens with zero attached hydrogens (tertiary/aromatic N) is 2. The number of aliphatic hydroxyl groups excluding tert-OH is 1. The van der Waals surface area contributed by atoms with Crippen LogP contribution in [-0.4, -0.2) is 21.8 Å². The molecule has 1 amide bonds. The smallest absolute Gasteiger partial charge is 0.294 e. The number of ketones is 1. The van der Waals surface area contributed by atoms with Crippen LogP contribution in [0.3, 0.4) is 0 Å². The second kappa shape index (κ2) is 6.81. The lowest BCUT2D eigenvalue weighted by atomic mass is 9.95. The normalized spacial score (nSPS) is 16.7. The number of rotatable bonds is 4. The van der Waals surface area contributed by atoms with E-state index in [4.69, 9.17) is 4.42 Å². The Morgan fingerprint density at radius 3 is 2.54 bits per heavy atom. The number of aromatic nitrogens is 1. The first-order chi connectivity index (χ1) is 13.5. The summed E-state index contributed by atoms with van der Waals surface area (Å²) < 4.78 is 5.22. The molecule has 1 aliphatic rings. The molecule has 0 fully saturated rings. The molecule has 3 heterocycles. The van der Waals surface area contributed by atoms with Crippen molar-refractivity contribution in [2.24, 2.45) is 0 Å². The van der Waals surface area contributed by atoms with Crippen LogP contribution in [0.2, 0.25) is 0 Å². The molecule has 28 heavy (non-hydrogen) atoms. The van der Waals surface area contributed by atoms with E-state index in [1.165, 1.54) is 17.2 Å². The van der Waals surface area contributed by atoms with E-state index in [1.54, 1.807) is 30.6 Å². The number of anilines is 1. The number of hydrogen-bond donors (Lipinski definition) is 1. The van der Waals surface area contributed by atoms with Gasteiger partial charge in [0, 0.05) is 18.1 Å². The molecule has 0 saturated heterocycles. The van der Waals surface area contributed by atoms with Gasteiger partial charge in [0.15, 0.2) is 11.5 Å². The van der Waals surface area contributed by atoms with Gasteiger partial charge in [0.25, 0.3) is 5.91 Å². The lowest BCUT2D eigenvalue weighted by Gasteiger charge is -2.28. The molecule has 1 N–H and O–H groups in total. The molecule has 0 spiro atoms. The average Bonchev–Trinajstić information content (AvgIpc) is 3.32. The molecule has 2 aromatic heterocycles. The number of hydrogen-bond acceptors (Lipinski definition) is 5. The molecule has 6 heteroatoms. The van der Waals surface area contributed by atoms with Crippen LogP contribution in [0, 0.1) is 13.8 Å². The predicted octanol–water partition coefficient (Wildman–Crippen LogP) is 4.07. The fourth-order valence-corrected chi connectivity index (χ4v) is 3.48. The molecule has 0 saturated carbocycles. The minimum atomic E-state index is -0.784. The molecule has 1 unspecified atom stereocenters. The Balaban J connectivity index is 1.92. The highest BCUT2D eigenvalue weighted by Crippen LogP contribution is 2.43. The maximum absolute atomic E-state index is 13.1. The molecule has 0 aliphatic carbocycles. The minimum absolute atomic E-state index is 0.00736. The first-order valence-corrected chi connectivity index (χ1v) is 8.81. The molecule has 1 atom stereocenters. The lowest BCUT2D eigenvalue weighted by Crippen LogP contribution is -2.31. The highest BCUT2D eigenvalue weighted by atomic mass is 16.3. The van der Waals surface area contributed by atoms with Crippen LogP contribution in [-0.2, 0) is 4.79 Å². The van der Waals surface area contributed by atoms with Crippen LogP contribution < -0.4 is 4.90 Å². The predicted molar refractivity (Wildman–Crippen MR) is 103 cm³/mol.